The summed E-state index contributed by atoms with van der Waals surface area (Å²) < 4.78 is 7.54. The van der Waals surface area contributed by atoms with Crippen molar-refractivity contribution in [2.24, 2.45) is 0 Å². The van der Waals surface area contributed by atoms with Crippen LogP contribution in [0.5, 0.6) is 0 Å². The van der Waals surface area contributed by atoms with Crippen molar-refractivity contribution < 1.29 is 9.21 Å². The lowest BCUT2D eigenvalue weighted by molar-refractivity contribution is -0.117. The average Bonchev–Trinajstić information content (AvgIpc) is 3.49. The molecule has 7 nitrogen and oxygen atoms in total. The van der Waals surface area contributed by atoms with Crippen molar-refractivity contribution in [3.63, 3.8) is 0 Å². The second-order valence-electron chi connectivity index (χ2n) is 7.70. The number of thioether (sulfide) groups is 1. The average molecular weight is 446 g/mol. The Morgan fingerprint density at radius 2 is 2.06 bits per heavy atom. The van der Waals surface area contributed by atoms with E-state index in [1.807, 2.05) is 58.9 Å². The smallest absolute Gasteiger partial charge is 0.240 e. The van der Waals surface area contributed by atoms with Gasteiger partial charge in [-0.2, -0.15) is 0 Å². The SMILES string of the molecule is CC(Sc1nnc(-c2cccnc2)n1Cc1ccco1)C(=O)N1CCCc2ccccc21. The van der Waals surface area contributed by atoms with Gasteiger partial charge in [0.25, 0.3) is 0 Å². The first-order chi connectivity index (χ1) is 15.7. The molecule has 1 aromatic carbocycles. The Bertz CT molecular complexity index is 1210. The molecule has 0 fully saturated rings. The molecule has 0 saturated carbocycles. The molecule has 1 unspecified atom stereocenters. The first-order valence-corrected chi connectivity index (χ1v) is 11.5. The lowest BCUT2D eigenvalue weighted by atomic mass is 10.0. The van der Waals surface area contributed by atoms with Crippen LogP contribution in [-0.2, 0) is 17.8 Å². The predicted octanol–water partition coefficient (Wildman–Crippen LogP) is 4.44. The lowest BCUT2D eigenvalue weighted by Gasteiger charge is -2.31. The molecule has 0 saturated heterocycles. The summed E-state index contributed by atoms with van der Waals surface area (Å²) >= 11 is 1.42. The third-order valence-electron chi connectivity index (χ3n) is 5.54. The summed E-state index contributed by atoms with van der Waals surface area (Å²) in [5.41, 5.74) is 3.11. The summed E-state index contributed by atoms with van der Waals surface area (Å²) in [6, 6.07) is 15.7. The number of benzene rings is 1. The van der Waals surface area contributed by atoms with Gasteiger partial charge in [-0.1, -0.05) is 30.0 Å². The van der Waals surface area contributed by atoms with Crippen molar-refractivity contribution in [3.8, 4) is 11.4 Å². The second kappa shape index (κ2) is 9.00. The number of furan rings is 1. The number of nitrogens with zero attached hydrogens (tertiary/aromatic N) is 5. The number of hydrogen-bond acceptors (Lipinski definition) is 6. The number of para-hydroxylation sites is 1. The Balaban J connectivity index is 1.42. The number of rotatable bonds is 6. The van der Waals surface area contributed by atoms with E-state index in [4.69, 9.17) is 4.42 Å². The maximum atomic E-state index is 13.4. The first-order valence-electron chi connectivity index (χ1n) is 10.6. The number of amides is 1. The van der Waals surface area contributed by atoms with Crippen LogP contribution in [-0.4, -0.2) is 37.5 Å². The van der Waals surface area contributed by atoms with Gasteiger partial charge in [0.15, 0.2) is 11.0 Å². The Labute approximate surface area is 190 Å². The number of hydrogen-bond donors (Lipinski definition) is 0. The third kappa shape index (κ3) is 4.05. The Hall–Kier alpha value is -3.39. The molecule has 0 aliphatic carbocycles. The number of carbonyl (C=O) groups is 1. The minimum atomic E-state index is -0.317. The standard InChI is InChI=1S/C24H23N5O2S/c1-17(23(30)28-13-5-9-18-7-2-3-11-21(18)28)32-24-27-26-22(19-8-4-12-25-15-19)29(24)16-20-10-6-14-31-20/h2-4,6-8,10-12,14-15,17H,5,9,13,16H2,1H3. The van der Waals surface area contributed by atoms with Crippen molar-refractivity contribution in [1.82, 2.24) is 19.7 Å². The zero-order chi connectivity index (χ0) is 21.9. The molecule has 3 aromatic heterocycles. The number of anilines is 1. The van der Waals surface area contributed by atoms with Gasteiger partial charge in [0.05, 0.1) is 18.1 Å². The van der Waals surface area contributed by atoms with Crippen LogP contribution < -0.4 is 4.90 Å². The summed E-state index contributed by atoms with van der Waals surface area (Å²) in [4.78, 5) is 19.5. The van der Waals surface area contributed by atoms with E-state index in [-0.39, 0.29) is 11.2 Å². The highest BCUT2D eigenvalue weighted by Gasteiger charge is 2.28. The van der Waals surface area contributed by atoms with Crippen molar-refractivity contribution in [2.75, 3.05) is 11.4 Å². The van der Waals surface area contributed by atoms with Crippen LogP contribution in [0.4, 0.5) is 5.69 Å². The van der Waals surface area contributed by atoms with Crippen molar-refractivity contribution in [2.45, 2.75) is 36.7 Å². The maximum absolute atomic E-state index is 13.4. The van der Waals surface area contributed by atoms with Gasteiger partial charge < -0.3 is 9.32 Å². The van der Waals surface area contributed by atoms with Crippen molar-refractivity contribution in [3.05, 3.63) is 78.5 Å². The lowest BCUT2D eigenvalue weighted by Crippen LogP contribution is -2.40. The van der Waals surface area contributed by atoms with E-state index in [1.165, 1.54) is 17.3 Å². The third-order valence-corrected chi connectivity index (χ3v) is 6.60. The monoisotopic (exact) mass is 445 g/mol. The number of aromatic nitrogens is 4. The van der Waals surface area contributed by atoms with Crippen LogP contribution in [0.1, 0.15) is 24.7 Å². The highest BCUT2D eigenvalue weighted by molar-refractivity contribution is 8.00. The molecule has 0 radical (unpaired) electrons. The summed E-state index contributed by atoms with van der Waals surface area (Å²) in [5.74, 6) is 1.57. The predicted molar refractivity (Wildman–Crippen MR) is 123 cm³/mol. The minimum Gasteiger partial charge on any atom is -0.467 e. The van der Waals surface area contributed by atoms with Gasteiger partial charge in [-0.05, 0) is 55.7 Å². The molecular formula is C24H23N5O2S. The molecule has 32 heavy (non-hydrogen) atoms. The molecule has 0 N–H and O–H groups in total. The second-order valence-corrected chi connectivity index (χ2v) is 9.00. The highest BCUT2D eigenvalue weighted by atomic mass is 32.2. The maximum Gasteiger partial charge on any atom is 0.240 e. The van der Waals surface area contributed by atoms with Gasteiger partial charge in [-0.25, -0.2) is 0 Å². The van der Waals surface area contributed by atoms with E-state index >= 15 is 0 Å². The Kier molecular flexibility index (Phi) is 5.77. The van der Waals surface area contributed by atoms with Gasteiger partial charge >= 0.3 is 0 Å². The Morgan fingerprint density at radius 3 is 2.88 bits per heavy atom. The fourth-order valence-electron chi connectivity index (χ4n) is 3.98. The zero-order valence-corrected chi connectivity index (χ0v) is 18.5. The molecule has 1 atom stereocenters. The summed E-state index contributed by atoms with van der Waals surface area (Å²) in [6.07, 6.45) is 7.11. The molecule has 1 aliphatic rings. The van der Waals surface area contributed by atoms with Crippen molar-refractivity contribution in [1.29, 1.82) is 0 Å². The molecule has 162 valence electrons. The molecule has 0 bridgehead atoms. The van der Waals surface area contributed by atoms with Gasteiger partial charge in [0.2, 0.25) is 5.91 Å². The van der Waals surface area contributed by atoms with Gasteiger partial charge in [-0.15, -0.1) is 10.2 Å². The topological polar surface area (TPSA) is 77.0 Å². The summed E-state index contributed by atoms with van der Waals surface area (Å²) in [7, 11) is 0. The normalized spacial score (nSPS) is 14.2. The van der Waals surface area contributed by atoms with Crippen LogP contribution in [0.25, 0.3) is 11.4 Å². The van der Waals surface area contributed by atoms with Crippen LogP contribution in [0.15, 0.2) is 76.8 Å². The quantitative estimate of drug-likeness (QED) is 0.408. The highest BCUT2D eigenvalue weighted by Crippen LogP contribution is 2.32. The summed E-state index contributed by atoms with van der Waals surface area (Å²) in [5, 5.41) is 9.19. The van der Waals surface area contributed by atoms with Crippen molar-refractivity contribution >= 4 is 23.4 Å². The van der Waals surface area contributed by atoms with E-state index in [2.05, 4.69) is 21.2 Å². The molecule has 4 aromatic rings. The van der Waals surface area contributed by atoms with E-state index < -0.39 is 0 Å². The molecular weight excluding hydrogens is 422 g/mol. The minimum absolute atomic E-state index is 0.0811. The molecule has 0 spiro atoms. The summed E-state index contributed by atoms with van der Waals surface area (Å²) in [6.45, 7) is 3.14. The number of aryl methyl sites for hydroxylation is 1. The van der Waals surface area contributed by atoms with Crippen LogP contribution in [0.2, 0.25) is 0 Å². The van der Waals surface area contributed by atoms with Crippen LogP contribution in [0, 0.1) is 0 Å². The molecule has 1 amide bonds. The van der Waals surface area contributed by atoms with Crippen LogP contribution >= 0.6 is 11.8 Å². The largest absolute Gasteiger partial charge is 0.467 e. The first kappa shape index (κ1) is 20.5. The molecule has 4 heterocycles. The number of pyridine rings is 1. The zero-order valence-electron chi connectivity index (χ0n) is 17.7. The number of carbonyl (C=O) groups excluding carboxylic acids is 1. The fourth-order valence-corrected chi connectivity index (χ4v) is 4.89. The van der Waals surface area contributed by atoms with E-state index in [0.29, 0.717) is 17.5 Å². The van der Waals surface area contributed by atoms with E-state index in [9.17, 15) is 4.79 Å². The van der Waals surface area contributed by atoms with Gasteiger partial charge in [-0.3, -0.25) is 14.3 Å². The van der Waals surface area contributed by atoms with E-state index in [1.54, 1.807) is 18.7 Å². The van der Waals surface area contributed by atoms with Gasteiger partial charge in [0.1, 0.15) is 5.76 Å². The molecule has 8 heteroatoms. The molecule has 1 aliphatic heterocycles. The van der Waals surface area contributed by atoms with Gasteiger partial charge in [0, 0.05) is 30.2 Å². The van der Waals surface area contributed by atoms with E-state index in [0.717, 1.165) is 36.4 Å². The fraction of sp³-hybridized carbons (Fsp3) is 0.250. The van der Waals surface area contributed by atoms with Crippen LogP contribution in [0.3, 0.4) is 0 Å². The Morgan fingerprint density at radius 1 is 1.16 bits per heavy atom. The molecule has 5 rings (SSSR count). The number of fused-ring (bicyclic) bond motifs is 1.